The number of carbonyl (C=O) groups excluding carboxylic acids is 2. The molecular formula is C24H21FN2O4S. The number of aryl methyl sites for hydroxylation is 1. The number of hydrogen-bond donors (Lipinski definition) is 3. The predicted molar refractivity (Wildman–Crippen MR) is 123 cm³/mol. The zero-order valence-electron chi connectivity index (χ0n) is 17.4. The minimum absolute atomic E-state index is 0.0581. The number of benzene rings is 3. The van der Waals surface area contributed by atoms with E-state index in [0.29, 0.717) is 11.4 Å². The fourth-order valence-electron chi connectivity index (χ4n) is 2.87. The van der Waals surface area contributed by atoms with E-state index in [-0.39, 0.29) is 17.0 Å². The normalized spacial score (nSPS) is 11.5. The highest BCUT2D eigenvalue weighted by atomic mass is 32.2. The highest BCUT2D eigenvalue weighted by Gasteiger charge is 2.17. The number of amides is 2. The number of carboxylic acid groups (broad SMARTS) is 1. The quantitative estimate of drug-likeness (QED) is 0.428. The van der Waals surface area contributed by atoms with Gasteiger partial charge in [-0.05, 0) is 61.9 Å². The Kier molecular flexibility index (Phi) is 7.27. The van der Waals surface area contributed by atoms with E-state index in [2.05, 4.69) is 10.6 Å². The van der Waals surface area contributed by atoms with Crippen LogP contribution in [0, 0.1) is 12.7 Å². The third-order valence-electron chi connectivity index (χ3n) is 4.63. The molecular weight excluding hydrogens is 431 g/mol. The molecule has 0 aliphatic rings. The van der Waals surface area contributed by atoms with Crippen LogP contribution in [0.3, 0.4) is 0 Å². The van der Waals surface area contributed by atoms with Gasteiger partial charge in [0.2, 0.25) is 5.91 Å². The molecule has 0 saturated carbocycles. The molecule has 0 aliphatic carbocycles. The van der Waals surface area contributed by atoms with Gasteiger partial charge in [0.25, 0.3) is 5.91 Å². The molecule has 0 spiro atoms. The van der Waals surface area contributed by atoms with Crippen LogP contribution in [-0.4, -0.2) is 28.1 Å². The number of anilines is 2. The molecule has 0 heterocycles. The van der Waals surface area contributed by atoms with Crippen LogP contribution in [0.1, 0.15) is 33.2 Å². The molecule has 3 rings (SSSR count). The van der Waals surface area contributed by atoms with E-state index in [1.165, 1.54) is 42.1 Å². The zero-order valence-corrected chi connectivity index (χ0v) is 18.2. The zero-order chi connectivity index (χ0) is 23.3. The number of carbonyl (C=O) groups is 3. The molecule has 32 heavy (non-hydrogen) atoms. The van der Waals surface area contributed by atoms with Gasteiger partial charge in [0, 0.05) is 16.3 Å². The first-order valence-electron chi connectivity index (χ1n) is 9.72. The summed E-state index contributed by atoms with van der Waals surface area (Å²) in [5.41, 5.74) is 1.69. The summed E-state index contributed by atoms with van der Waals surface area (Å²) >= 11 is 1.27. The summed E-state index contributed by atoms with van der Waals surface area (Å²) in [7, 11) is 0. The molecule has 0 saturated heterocycles. The van der Waals surface area contributed by atoms with E-state index in [9.17, 15) is 18.8 Å². The number of rotatable bonds is 7. The van der Waals surface area contributed by atoms with Crippen molar-refractivity contribution in [3.05, 3.63) is 89.2 Å². The molecule has 6 nitrogen and oxygen atoms in total. The average molecular weight is 453 g/mol. The van der Waals surface area contributed by atoms with Crippen molar-refractivity contribution in [3.63, 3.8) is 0 Å². The summed E-state index contributed by atoms with van der Waals surface area (Å²) in [4.78, 5) is 36.9. The van der Waals surface area contributed by atoms with Crippen molar-refractivity contribution >= 4 is 40.9 Å². The van der Waals surface area contributed by atoms with Gasteiger partial charge < -0.3 is 15.7 Å². The van der Waals surface area contributed by atoms with Crippen LogP contribution in [0.2, 0.25) is 0 Å². The highest BCUT2D eigenvalue weighted by Crippen LogP contribution is 2.27. The SMILES string of the molecule is Cc1ccc(C(=O)O)cc1NC(=O)C(C)Sc1cccc(NC(=O)c2ccccc2F)c1. The fourth-order valence-corrected chi connectivity index (χ4v) is 3.80. The molecule has 0 fully saturated rings. The maximum Gasteiger partial charge on any atom is 0.335 e. The van der Waals surface area contributed by atoms with Crippen molar-refractivity contribution in [1.82, 2.24) is 0 Å². The third-order valence-corrected chi connectivity index (χ3v) is 5.73. The van der Waals surface area contributed by atoms with Crippen molar-refractivity contribution in [2.45, 2.75) is 24.0 Å². The number of thioether (sulfide) groups is 1. The van der Waals surface area contributed by atoms with Crippen molar-refractivity contribution in [1.29, 1.82) is 0 Å². The molecule has 0 bridgehead atoms. The molecule has 3 aromatic carbocycles. The second kappa shape index (κ2) is 10.1. The summed E-state index contributed by atoms with van der Waals surface area (Å²) in [6.07, 6.45) is 0. The Morgan fingerprint density at radius 3 is 2.44 bits per heavy atom. The first-order chi connectivity index (χ1) is 15.2. The van der Waals surface area contributed by atoms with Gasteiger partial charge in [-0.25, -0.2) is 9.18 Å². The Labute approximate surface area is 188 Å². The van der Waals surface area contributed by atoms with Crippen molar-refractivity contribution in [2.75, 3.05) is 10.6 Å². The van der Waals surface area contributed by atoms with Gasteiger partial charge in [-0.15, -0.1) is 11.8 Å². The van der Waals surface area contributed by atoms with Gasteiger partial charge in [-0.1, -0.05) is 24.3 Å². The Hall–Kier alpha value is -3.65. The van der Waals surface area contributed by atoms with Crippen molar-refractivity contribution < 1.29 is 23.9 Å². The molecule has 164 valence electrons. The number of hydrogen-bond acceptors (Lipinski definition) is 4. The second-order valence-electron chi connectivity index (χ2n) is 7.05. The number of halogens is 1. The van der Waals surface area contributed by atoms with Crippen molar-refractivity contribution in [3.8, 4) is 0 Å². The summed E-state index contributed by atoms with van der Waals surface area (Å²) in [6, 6.07) is 17.1. The predicted octanol–water partition coefficient (Wildman–Crippen LogP) is 5.20. The minimum Gasteiger partial charge on any atom is -0.478 e. The summed E-state index contributed by atoms with van der Waals surface area (Å²) < 4.78 is 13.8. The molecule has 3 N–H and O–H groups in total. The number of aromatic carboxylic acids is 1. The first kappa shape index (κ1) is 23.0. The third kappa shape index (κ3) is 5.73. The molecule has 0 aliphatic heterocycles. The van der Waals surface area contributed by atoms with Gasteiger partial charge in [0.1, 0.15) is 5.82 Å². The first-order valence-corrected chi connectivity index (χ1v) is 10.6. The molecule has 0 aromatic heterocycles. The second-order valence-corrected chi connectivity index (χ2v) is 8.46. The Morgan fingerprint density at radius 1 is 0.969 bits per heavy atom. The standard InChI is InChI=1S/C24H21FN2O4S/c1-14-10-11-16(24(30)31)12-21(14)27-22(28)15(2)32-18-7-5-6-17(13-18)26-23(29)19-8-3-4-9-20(19)25/h3-13,15H,1-2H3,(H,26,29)(H,27,28)(H,30,31). The largest absolute Gasteiger partial charge is 0.478 e. The molecule has 1 unspecified atom stereocenters. The van der Waals surface area contributed by atoms with E-state index in [0.717, 1.165) is 10.5 Å². The van der Waals surface area contributed by atoms with Gasteiger partial charge >= 0.3 is 5.97 Å². The van der Waals surface area contributed by atoms with Crippen LogP contribution in [0.25, 0.3) is 0 Å². The van der Waals surface area contributed by atoms with Gasteiger partial charge in [-0.3, -0.25) is 9.59 Å². The molecule has 8 heteroatoms. The van der Waals surface area contributed by atoms with Crippen molar-refractivity contribution in [2.24, 2.45) is 0 Å². The van der Waals surface area contributed by atoms with Crippen LogP contribution < -0.4 is 10.6 Å². The summed E-state index contributed by atoms with van der Waals surface area (Å²) in [5, 5.41) is 14.1. The molecule has 0 radical (unpaired) electrons. The van der Waals surface area contributed by atoms with E-state index >= 15 is 0 Å². The number of carboxylic acids is 1. The molecule has 3 aromatic rings. The lowest BCUT2D eigenvalue weighted by Gasteiger charge is -2.15. The van der Waals surface area contributed by atoms with E-state index in [1.807, 2.05) is 0 Å². The average Bonchev–Trinajstić information content (AvgIpc) is 2.75. The lowest BCUT2D eigenvalue weighted by atomic mass is 10.1. The Morgan fingerprint density at radius 2 is 1.72 bits per heavy atom. The van der Waals surface area contributed by atoms with Crippen LogP contribution in [-0.2, 0) is 4.79 Å². The van der Waals surface area contributed by atoms with Crippen LogP contribution in [0.4, 0.5) is 15.8 Å². The van der Waals surface area contributed by atoms with Gasteiger partial charge in [0.15, 0.2) is 0 Å². The highest BCUT2D eigenvalue weighted by molar-refractivity contribution is 8.00. The smallest absolute Gasteiger partial charge is 0.335 e. The van der Waals surface area contributed by atoms with Crippen LogP contribution in [0.5, 0.6) is 0 Å². The minimum atomic E-state index is -1.07. The Bertz CT molecular complexity index is 1180. The lowest BCUT2D eigenvalue weighted by molar-refractivity contribution is -0.115. The topological polar surface area (TPSA) is 95.5 Å². The van der Waals surface area contributed by atoms with Crippen LogP contribution in [0.15, 0.2) is 71.6 Å². The Balaban J connectivity index is 1.67. The summed E-state index contributed by atoms with van der Waals surface area (Å²) in [5.74, 6) is -2.54. The lowest BCUT2D eigenvalue weighted by Crippen LogP contribution is -2.23. The van der Waals surface area contributed by atoms with E-state index in [4.69, 9.17) is 5.11 Å². The monoisotopic (exact) mass is 452 g/mol. The fraction of sp³-hybridized carbons (Fsp3) is 0.125. The van der Waals surface area contributed by atoms with Gasteiger partial charge in [0.05, 0.1) is 16.4 Å². The maximum atomic E-state index is 13.8. The molecule has 2 amide bonds. The number of nitrogens with one attached hydrogen (secondary N) is 2. The van der Waals surface area contributed by atoms with Gasteiger partial charge in [-0.2, -0.15) is 0 Å². The van der Waals surface area contributed by atoms with Crippen LogP contribution >= 0.6 is 11.8 Å². The molecule has 1 atom stereocenters. The summed E-state index contributed by atoms with van der Waals surface area (Å²) in [6.45, 7) is 3.50. The maximum absolute atomic E-state index is 13.8. The van der Waals surface area contributed by atoms with E-state index < -0.39 is 22.9 Å². The van der Waals surface area contributed by atoms with E-state index in [1.54, 1.807) is 50.2 Å².